The van der Waals surface area contributed by atoms with Crippen LogP contribution in [0.2, 0.25) is 0 Å². The van der Waals surface area contributed by atoms with E-state index in [9.17, 15) is 9.59 Å². The van der Waals surface area contributed by atoms with Crippen molar-refractivity contribution in [3.8, 4) is 0 Å². The quantitative estimate of drug-likeness (QED) is 0.395. The SMILES string of the molecule is C[C@@H]1[C@H](C)CCC[C@@H]1NC(=S)NNC(=O)CCNC(=O)C12CC3CC(CC(C3)C1)C2. The molecule has 0 radical (unpaired) electrons. The lowest BCUT2D eigenvalue weighted by molar-refractivity contribution is -0.146. The van der Waals surface area contributed by atoms with Crippen LogP contribution in [0.4, 0.5) is 0 Å². The van der Waals surface area contributed by atoms with Crippen LogP contribution in [0.5, 0.6) is 0 Å². The second-order valence-electron chi connectivity index (χ2n) is 10.7. The number of hydrazine groups is 1. The monoisotopic (exact) mass is 434 g/mol. The molecule has 7 heteroatoms. The van der Waals surface area contributed by atoms with Gasteiger partial charge in [0.1, 0.15) is 0 Å². The Balaban J connectivity index is 1.14. The fourth-order valence-electron chi connectivity index (χ4n) is 7.04. The first-order valence-corrected chi connectivity index (χ1v) is 12.4. The maximum Gasteiger partial charge on any atom is 0.240 e. The van der Waals surface area contributed by atoms with Gasteiger partial charge in [-0.2, -0.15) is 0 Å². The van der Waals surface area contributed by atoms with Gasteiger partial charge in [0, 0.05) is 24.4 Å². The van der Waals surface area contributed by atoms with Gasteiger partial charge >= 0.3 is 0 Å². The lowest BCUT2D eigenvalue weighted by atomic mass is 9.49. The Morgan fingerprint density at radius 1 is 0.967 bits per heavy atom. The Morgan fingerprint density at radius 3 is 2.23 bits per heavy atom. The maximum atomic E-state index is 12.9. The summed E-state index contributed by atoms with van der Waals surface area (Å²) in [6.07, 6.45) is 11.0. The molecule has 0 aromatic carbocycles. The molecule has 168 valence electrons. The number of carbonyl (C=O) groups is 2. The van der Waals surface area contributed by atoms with E-state index in [1.165, 1.54) is 32.1 Å². The molecule has 0 aromatic heterocycles. The zero-order chi connectivity index (χ0) is 21.3. The summed E-state index contributed by atoms with van der Waals surface area (Å²) in [5.74, 6) is 3.52. The van der Waals surface area contributed by atoms with E-state index >= 15 is 0 Å². The molecule has 4 N–H and O–H groups in total. The number of nitrogens with one attached hydrogen (secondary N) is 4. The van der Waals surface area contributed by atoms with E-state index in [0.717, 1.165) is 43.4 Å². The maximum absolute atomic E-state index is 12.9. The third-order valence-corrected chi connectivity index (χ3v) is 8.72. The molecule has 5 aliphatic rings. The molecule has 2 amide bonds. The van der Waals surface area contributed by atoms with Gasteiger partial charge < -0.3 is 10.6 Å². The second kappa shape index (κ2) is 9.01. The molecule has 3 atom stereocenters. The largest absolute Gasteiger partial charge is 0.358 e. The number of hydrogen-bond acceptors (Lipinski definition) is 3. The Kier molecular flexibility index (Phi) is 6.56. The lowest BCUT2D eigenvalue weighted by Crippen LogP contribution is -2.54. The van der Waals surface area contributed by atoms with Crippen molar-refractivity contribution in [2.24, 2.45) is 35.0 Å². The topological polar surface area (TPSA) is 82.3 Å². The van der Waals surface area contributed by atoms with E-state index < -0.39 is 0 Å². The highest BCUT2D eigenvalue weighted by molar-refractivity contribution is 7.80. The van der Waals surface area contributed by atoms with Crippen LogP contribution in [0, 0.1) is 35.0 Å². The lowest BCUT2D eigenvalue weighted by Gasteiger charge is -2.55. The molecule has 5 saturated carbocycles. The average molecular weight is 435 g/mol. The van der Waals surface area contributed by atoms with Gasteiger partial charge in [-0.15, -0.1) is 0 Å². The van der Waals surface area contributed by atoms with E-state index in [1.54, 1.807) is 0 Å². The molecule has 30 heavy (non-hydrogen) atoms. The zero-order valence-corrected chi connectivity index (χ0v) is 19.3. The summed E-state index contributed by atoms with van der Waals surface area (Å²) in [6.45, 7) is 4.93. The summed E-state index contributed by atoms with van der Waals surface area (Å²) >= 11 is 5.34. The number of thiocarbonyl (C=S) groups is 1. The molecule has 6 nitrogen and oxygen atoms in total. The fourth-order valence-corrected chi connectivity index (χ4v) is 7.25. The van der Waals surface area contributed by atoms with Gasteiger partial charge in [-0.3, -0.25) is 20.4 Å². The van der Waals surface area contributed by atoms with E-state index in [4.69, 9.17) is 12.2 Å². The van der Waals surface area contributed by atoms with Crippen molar-refractivity contribution < 1.29 is 9.59 Å². The van der Waals surface area contributed by atoms with E-state index in [-0.39, 0.29) is 23.7 Å². The predicted octanol–water partition coefficient (Wildman–Crippen LogP) is 3.03. The number of carbonyl (C=O) groups excluding carboxylic acids is 2. The molecule has 0 heterocycles. The third-order valence-electron chi connectivity index (χ3n) is 8.50. The van der Waals surface area contributed by atoms with Crippen LogP contribution in [0.1, 0.15) is 78.1 Å². The van der Waals surface area contributed by atoms with Crippen molar-refractivity contribution in [1.82, 2.24) is 21.5 Å². The van der Waals surface area contributed by atoms with Gasteiger partial charge in [0.15, 0.2) is 5.11 Å². The van der Waals surface area contributed by atoms with E-state index in [2.05, 4.69) is 35.3 Å². The molecule has 5 rings (SSSR count). The van der Waals surface area contributed by atoms with E-state index in [0.29, 0.717) is 29.5 Å². The van der Waals surface area contributed by atoms with Crippen LogP contribution in [0.15, 0.2) is 0 Å². The van der Waals surface area contributed by atoms with Crippen LogP contribution < -0.4 is 21.5 Å². The Morgan fingerprint density at radius 2 is 1.60 bits per heavy atom. The molecule has 0 unspecified atom stereocenters. The van der Waals surface area contributed by atoms with Crippen LogP contribution in [0.25, 0.3) is 0 Å². The van der Waals surface area contributed by atoms with E-state index in [1.807, 2.05) is 0 Å². The third kappa shape index (κ3) is 4.76. The van der Waals surface area contributed by atoms with Crippen LogP contribution in [-0.2, 0) is 9.59 Å². The molecule has 0 aliphatic heterocycles. The van der Waals surface area contributed by atoms with Gasteiger partial charge in [-0.25, -0.2) is 0 Å². The fraction of sp³-hybridized carbons (Fsp3) is 0.870. The molecular formula is C23H38N4O2S. The Labute approximate surface area is 186 Å². The average Bonchev–Trinajstić information content (AvgIpc) is 2.69. The highest BCUT2D eigenvalue weighted by Crippen LogP contribution is 2.60. The van der Waals surface area contributed by atoms with Gasteiger partial charge in [0.25, 0.3) is 0 Å². The molecule has 5 fully saturated rings. The summed E-state index contributed by atoms with van der Waals surface area (Å²) in [5.41, 5.74) is 5.33. The Bertz CT molecular complexity index is 647. The highest BCUT2D eigenvalue weighted by atomic mass is 32.1. The normalized spacial score (nSPS) is 39.3. The first-order valence-electron chi connectivity index (χ1n) is 12.0. The summed E-state index contributed by atoms with van der Waals surface area (Å²) in [4.78, 5) is 25.1. The van der Waals surface area contributed by atoms with Gasteiger partial charge in [0.2, 0.25) is 11.8 Å². The summed E-state index contributed by atoms with van der Waals surface area (Å²) in [6, 6.07) is 0.352. The predicted molar refractivity (Wildman–Crippen MR) is 121 cm³/mol. The molecule has 0 saturated heterocycles. The number of rotatable bonds is 5. The second-order valence-corrected chi connectivity index (χ2v) is 11.1. The molecule has 5 aliphatic carbocycles. The minimum absolute atomic E-state index is 0.150. The zero-order valence-electron chi connectivity index (χ0n) is 18.5. The van der Waals surface area contributed by atoms with Crippen molar-refractivity contribution in [3.63, 3.8) is 0 Å². The standard InChI is InChI=1S/C23H38N4O2S/c1-14-4-3-5-19(15(14)2)25-22(30)27-26-20(28)6-7-24-21(29)23-11-16-8-17(12-23)10-18(9-16)13-23/h14-19H,3-13H2,1-2H3,(H,24,29)(H,26,28)(H2,25,27,30)/t14-,15-,16?,17?,18?,19+,23?/m1/s1. The molecule has 0 spiro atoms. The van der Waals surface area contributed by atoms with Gasteiger partial charge in [-0.1, -0.05) is 26.7 Å². The molecule has 4 bridgehead atoms. The summed E-state index contributed by atoms with van der Waals surface area (Å²) in [5, 5.41) is 6.86. The van der Waals surface area contributed by atoms with Crippen LogP contribution in [0.3, 0.4) is 0 Å². The first-order chi connectivity index (χ1) is 14.3. The Hall–Kier alpha value is -1.37. The van der Waals surface area contributed by atoms with Gasteiger partial charge in [0.05, 0.1) is 0 Å². The van der Waals surface area contributed by atoms with Gasteiger partial charge in [-0.05, 0) is 86.8 Å². The van der Waals surface area contributed by atoms with Crippen molar-refractivity contribution in [3.05, 3.63) is 0 Å². The van der Waals surface area contributed by atoms with Crippen molar-refractivity contribution >= 4 is 29.1 Å². The minimum Gasteiger partial charge on any atom is -0.358 e. The summed E-state index contributed by atoms with van der Waals surface area (Å²) < 4.78 is 0. The number of amides is 2. The minimum atomic E-state index is -0.157. The highest BCUT2D eigenvalue weighted by Gasteiger charge is 2.54. The smallest absolute Gasteiger partial charge is 0.240 e. The molecular weight excluding hydrogens is 396 g/mol. The number of hydrogen-bond donors (Lipinski definition) is 4. The molecule has 0 aromatic rings. The van der Waals surface area contributed by atoms with Crippen molar-refractivity contribution in [2.75, 3.05) is 6.54 Å². The van der Waals surface area contributed by atoms with Crippen LogP contribution in [-0.4, -0.2) is 29.5 Å². The van der Waals surface area contributed by atoms with Crippen molar-refractivity contribution in [2.45, 2.75) is 84.1 Å². The first kappa shape index (κ1) is 21.8. The van der Waals surface area contributed by atoms with Crippen LogP contribution >= 0.6 is 12.2 Å². The van der Waals surface area contributed by atoms with Crippen molar-refractivity contribution in [1.29, 1.82) is 0 Å². The summed E-state index contributed by atoms with van der Waals surface area (Å²) in [7, 11) is 0.